The first-order chi connectivity index (χ1) is 21.0. The van der Waals surface area contributed by atoms with Gasteiger partial charge >= 0.3 is 5.97 Å². The second-order valence-corrected chi connectivity index (χ2v) is 12.3. The van der Waals surface area contributed by atoms with Crippen molar-refractivity contribution in [3.63, 3.8) is 0 Å². The second kappa shape index (κ2) is 12.3. The fraction of sp³-hybridized carbons (Fsp3) is 0.343. The Morgan fingerprint density at radius 2 is 1.82 bits per heavy atom. The van der Waals surface area contributed by atoms with Gasteiger partial charge in [0.1, 0.15) is 0 Å². The lowest BCUT2D eigenvalue weighted by atomic mass is 9.95. The summed E-state index contributed by atoms with van der Waals surface area (Å²) in [6.07, 6.45) is 1.87. The molecular weight excluding hydrogens is 574 g/mol. The van der Waals surface area contributed by atoms with E-state index in [1.165, 1.54) is 22.5 Å². The van der Waals surface area contributed by atoms with Gasteiger partial charge in [0.25, 0.3) is 5.56 Å². The van der Waals surface area contributed by atoms with Crippen molar-refractivity contribution in [2.45, 2.75) is 67.5 Å². The zero-order valence-electron chi connectivity index (χ0n) is 26.8. The molecule has 3 heterocycles. The van der Waals surface area contributed by atoms with Gasteiger partial charge in [0.2, 0.25) is 0 Å². The van der Waals surface area contributed by atoms with E-state index in [1.807, 2.05) is 38.1 Å². The third-order valence-corrected chi connectivity index (χ3v) is 8.94. The molecular formula is C35H39N3O5S. The molecule has 0 fully saturated rings. The smallest absolute Gasteiger partial charge is 0.338 e. The lowest BCUT2D eigenvalue weighted by Crippen LogP contribution is -2.40. The average molecular weight is 614 g/mol. The van der Waals surface area contributed by atoms with E-state index in [9.17, 15) is 9.59 Å². The van der Waals surface area contributed by atoms with Gasteiger partial charge in [-0.25, -0.2) is 9.79 Å². The minimum atomic E-state index is -0.753. The van der Waals surface area contributed by atoms with Crippen molar-refractivity contribution < 1.29 is 19.0 Å². The molecule has 230 valence electrons. The normalized spacial score (nSPS) is 15.0. The first-order valence-electron chi connectivity index (χ1n) is 14.8. The molecule has 0 saturated heterocycles. The van der Waals surface area contributed by atoms with Crippen molar-refractivity contribution >= 4 is 23.4 Å². The number of nitrogens with zero attached hydrogens (tertiary/aromatic N) is 3. The SMILES string of the molecule is CCOC(=O)C1=C(C)N=c2s/c(=C\c3cc(C)n(-c4cccc(C)c4C)c3C)c(=O)n2[C@H]1c1ccc(OC(C)C)c(OC)c1. The fourth-order valence-electron chi connectivity index (χ4n) is 5.74. The van der Waals surface area contributed by atoms with Crippen molar-refractivity contribution in [2.24, 2.45) is 4.99 Å². The van der Waals surface area contributed by atoms with Gasteiger partial charge in [0, 0.05) is 17.1 Å². The average Bonchev–Trinajstić information content (AvgIpc) is 3.43. The van der Waals surface area contributed by atoms with Crippen LogP contribution in [0.25, 0.3) is 11.8 Å². The van der Waals surface area contributed by atoms with Crippen LogP contribution in [0.3, 0.4) is 0 Å². The van der Waals surface area contributed by atoms with Crippen LogP contribution < -0.4 is 24.4 Å². The minimum Gasteiger partial charge on any atom is -0.493 e. The predicted molar refractivity (Wildman–Crippen MR) is 174 cm³/mol. The van der Waals surface area contributed by atoms with Crippen LogP contribution in [-0.2, 0) is 9.53 Å². The summed E-state index contributed by atoms with van der Waals surface area (Å²) in [6.45, 7) is 16.0. The summed E-state index contributed by atoms with van der Waals surface area (Å²) in [5, 5.41) is 0. The molecule has 2 aromatic heterocycles. The van der Waals surface area contributed by atoms with E-state index in [1.54, 1.807) is 25.5 Å². The largest absolute Gasteiger partial charge is 0.493 e. The highest BCUT2D eigenvalue weighted by Crippen LogP contribution is 2.36. The Kier molecular flexibility index (Phi) is 8.70. The Labute approximate surface area is 261 Å². The van der Waals surface area contributed by atoms with Gasteiger partial charge in [-0.2, -0.15) is 0 Å². The highest BCUT2D eigenvalue weighted by Gasteiger charge is 2.34. The molecule has 0 amide bonds. The molecule has 0 radical (unpaired) electrons. The van der Waals surface area contributed by atoms with Gasteiger partial charge in [-0.05, 0) is 108 Å². The Morgan fingerprint density at radius 1 is 1.07 bits per heavy atom. The van der Waals surface area contributed by atoms with Gasteiger partial charge in [0.15, 0.2) is 16.3 Å². The molecule has 5 rings (SSSR count). The number of rotatable bonds is 8. The van der Waals surface area contributed by atoms with Crippen LogP contribution in [0, 0.1) is 27.7 Å². The lowest BCUT2D eigenvalue weighted by Gasteiger charge is -2.25. The summed E-state index contributed by atoms with van der Waals surface area (Å²) < 4.78 is 21.4. The fourth-order valence-corrected chi connectivity index (χ4v) is 6.77. The van der Waals surface area contributed by atoms with Crippen molar-refractivity contribution in [1.82, 2.24) is 9.13 Å². The standard InChI is InChI=1S/C35H39N3O5S/c1-10-42-34(40)31-23(7)36-35-38(32(31)25-14-15-28(43-19(2)3)29(17-25)41-9)33(39)30(44-35)18-26-16-21(5)37(24(26)8)27-13-11-12-20(4)22(27)6/h11-19,32H,10H2,1-9H3/b30-18-/t32-/m0/s1. The first kappa shape index (κ1) is 31.1. The number of ether oxygens (including phenoxy) is 3. The highest BCUT2D eigenvalue weighted by atomic mass is 32.1. The molecule has 1 atom stereocenters. The van der Waals surface area contributed by atoms with Crippen LogP contribution >= 0.6 is 11.3 Å². The molecule has 1 aliphatic heterocycles. The van der Waals surface area contributed by atoms with Crippen LogP contribution in [0.15, 0.2) is 63.5 Å². The van der Waals surface area contributed by atoms with Crippen LogP contribution in [-0.4, -0.2) is 34.9 Å². The van der Waals surface area contributed by atoms with Gasteiger partial charge in [-0.3, -0.25) is 9.36 Å². The van der Waals surface area contributed by atoms with E-state index in [4.69, 9.17) is 19.2 Å². The summed E-state index contributed by atoms with van der Waals surface area (Å²) in [5.41, 5.74) is 7.90. The van der Waals surface area contributed by atoms with E-state index < -0.39 is 12.0 Å². The number of carbonyl (C=O) groups is 1. The number of esters is 1. The maximum Gasteiger partial charge on any atom is 0.338 e. The number of carbonyl (C=O) groups excluding carboxylic acids is 1. The monoisotopic (exact) mass is 613 g/mol. The Morgan fingerprint density at radius 3 is 2.50 bits per heavy atom. The molecule has 0 N–H and O–H groups in total. The topological polar surface area (TPSA) is 84.1 Å². The number of aryl methyl sites for hydroxylation is 2. The first-order valence-corrected chi connectivity index (χ1v) is 15.6. The zero-order valence-corrected chi connectivity index (χ0v) is 27.6. The summed E-state index contributed by atoms with van der Waals surface area (Å²) in [4.78, 5) is 32.8. The maximum atomic E-state index is 14.2. The summed E-state index contributed by atoms with van der Waals surface area (Å²) >= 11 is 1.31. The maximum absolute atomic E-state index is 14.2. The second-order valence-electron chi connectivity index (χ2n) is 11.3. The van der Waals surface area contributed by atoms with E-state index in [2.05, 4.69) is 56.5 Å². The molecule has 1 aliphatic rings. The Balaban J connectivity index is 1.70. The third kappa shape index (κ3) is 5.52. The van der Waals surface area contributed by atoms with Crippen molar-refractivity contribution in [3.05, 3.63) is 107 Å². The van der Waals surface area contributed by atoms with Crippen LogP contribution in [0.4, 0.5) is 0 Å². The van der Waals surface area contributed by atoms with E-state index in [0.29, 0.717) is 37.7 Å². The number of methoxy groups -OCH3 is 1. The molecule has 9 heteroatoms. The summed E-state index contributed by atoms with van der Waals surface area (Å²) in [6, 6.07) is 13.1. The van der Waals surface area contributed by atoms with E-state index >= 15 is 0 Å². The number of hydrogen-bond acceptors (Lipinski definition) is 7. The van der Waals surface area contributed by atoms with Gasteiger partial charge in [-0.15, -0.1) is 0 Å². The number of fused-ring (bicyclic) bond motifs is 1. The molecule has 2 aromatic carbocycles. The molecule has 44 heavy (non-hydrogen) atoms. The number of hydrogen-bond donors (Lipinski definition) is 0. The van der Waals surface area contributed by atoms with Crippen molar-refractivity contribution in [1.29, 1.82) is 0 Å². The molecule has 4 aromatic rings. The number of thiazole rings is 1. The van der Waals surface area contributed by atoms with Gasteiger partial charge in [0.05, 0.1) is 41.7 Å². The molecule has 0 unspecified atom stereocenters. The van der Waals surface area contributed by atoms with Gasteiger partial charge < -0.3 is 18.8 Å². The highest BCUT2D eigenvalue weighted by molar-refractivity contribution is 7.07. The quantitative estimate of drug-likeness (QED) is 0.241. The molecule has 0 spiro atoms. The van der Waals surface area contributed by atoms with E-state index in [0.717, 1.165) is 22.6 Å². The van der Waals surface area contributed by atoms with Crippen LogP contribution in [0.5, 0.6) is 11.5 Å². The van der Waals surface area contributed by atoms with Crippen molar-refractivity contribution in [2.75, 3.05) is 13.7 Å². The molecule has 0 bridgehead atoms. The van der Waals surface area contributed by atoms with Gasteiger partial charge in [-0.1, -0.05) is 29.5 Å². The third-order valence-electron chi connectivity index (χ3n) is 7.96. The van der Waals surface area contributed by atoms with Crippen LogP contribution in [0.2, 0.25) is 0 Å². The lowest BCUT2D eigenvalue weighted by molar-refractivity contribution is -0.139. The zero-order chi connectivity index (χ0) is 31.9. The molecule has 0 saturated carbocycles. The number of allylic oxidation sites excluding steroid dienone is 1. The molecule has 0 aliphatic carbocycles. The minimum absolute atomic E-state index is 0.0542. The Hall–Kier alpha value is -4.37. The summed E-state index contributed by atoms with van der Waals surface area (Å²) in [5.74, 6) is 0.581. The predicted octanol–water partition coefficient (Wildman–Crippen LogP) is 5.62. The van der Waals surface area contributed by atoms with Crippen LogP contribution in [0.1, 0.15) is 67.4 Å². The molecule has 8 nitrogen and oxygen atoms in total. The number of aromatic nitrogens is 2. The summed E-state index contributed by atoms with van der Waals surface area (Å²) in [7, 11) is 1.57. The van der Waals surface area contributed by atoms with Crippen molar-refractivity contribution in [3.8, 4) is 17.2 Å². The Bertz CT molecular complexity index is 1980. The van der Waals surface area contributed by atoms with E-state index in [-0.39, 0.29) is 18.3 Å². The number of benzene rings is 2.